The molecule has 154 valence electrons. The maximum atomic E-state index is 13.2. The number of halogens is 1. The fourth-order valence-electron chi connectivity index (χ4n) is 3.97. The molecule has 1 heterocycles. The minimum atomic E-state index is -0.383. The highest BCUT2D eigenvalue weighted by atomic mass is 19.1. The molecule has 0 aliphatic carbocycles. The number of ether oxygens (including phenoxy) is 1. The molecule has 2 aromatic carbocycles. The largest absolute Gasteiger partial charge is 0.497 e. The highest BCUT2D eigenvalue weighted by molar-refractivity contribution is 5.95. The number of hydrogen-bond donors (Lipinski definition) is 0. The van der Waals surface area contributed by atoms with Crippen LogP contribution in [0.25, 0.3) is 0 Å². The maximum absolute atomic E-state index is 13.2. The number of benzene rings is 2. The van der Waals surface area contributed by atoms with E-state index in [2.05, 4.69) is 0 Å². The van der Waals surface area contributed by atoms with Gasteiger partial charge in [0, 0.05) is 37.7 Å². The minimum Gasteiger partial charge on any atom is -0.497 e. The Kier molecular flexibility index (Phi) is 6.52. The number of methoxy groups -OCH3 is 1. The van der Waals surface area contributed by atoms with E-state index in [1.807, 2.05) is 43.0 Å². The molecular formula is C23H27FN2O3. The fraction of sp³-hybridized carbons (Fsp3) is 0.391. The van der Waals surface area contributed by atoms with Crippen molar-refractivity contribution >= 4 is 11.8 Å². The Morgan fingerprint density at radius 1 is 1.10 bits per heavy atom. The zero-order valence-corrected chi connectivity index (χ0v) is 17.1. The first-order valence-corrected chi connectivity index (χ1v) is 9.96. The smallest absolute Gasteiger partial charge is 0.253 e. The molecule has 0 N–H and O–H groups in total. The Hall–Kier alpha value is -2.89. The molecule has 0 spiro atoms. The lowest BCUT2D eigenvalue weighted by Crippen LogP contribution is -2.39. The number of rotatable bonds is 6. The van der Waals surface area contributed by atoms with Crippen LogP contribution >= 0.6 is 0 Å². The molecule has 2 aromatic rings. The van der Waals surface area contributed by atoms with E-state index in [-0.39, 0.29) is 29.5 Å². The predicted octanol–water partition coefficient (Wildman–Crippen LogP) is 3.56. The lowest BCUT2D eigenvalue weighted by molar-refractivity contribution is -0.135. The Labute approximate surface area is 171 Å². The van der Waals surface area contributed by atoms with Crippen molar-refractivity contribution in [3.8, 4) is 5.75 Å². The first-order valence-electron chi connectivity index (χ1n) is 9.96. The highest BCUT2D eigenvalue weighted by Crippen LogP contribution is 2.36. The number of hydrogen-bond acceptors (Lipinski definition) is 3. The van der Waals surface area contributed by atoms with Crippen LogP contribution in [0.3, 0.4) is 0 Å². The zero-order valence-electron chi connectivity index (χ0n) is 17.1. The molecule has 1 fully saturated rings. The lowest BCUT2D eigenvalue weighted by Gasteiger charge is -2.26. The summed E-state index contributed by atoms with van der Waals surface area (Å²) in [7, 11) is 1.61. The SMILES string of the molecule is CCN(CC)C(=O)C1CN(C(=O)c2ccc(F)cc2)CC1c1cccc(OC)c1. The minimum absolute atomic E-state index is 0.0530. The summed E-state index contributed by atoms with van der Waals surface area (Å²) in [5.41, 5.74) is 1.40. The molecule has 3 rings (SSSR count). The molecule has 29 heavy (non-hydrogen) atoms. The van der Waals surface area contributed by atoms with Gasteiger partial charge in [0.25, 0.3) is 5.91 Å². The number of nitrogens with zero attached hydrogens (tertiary/aromatic N) is 2. The van der Waals surface area contributed by atoms with Crippen LogP contribution in [0.2, 0.25) is 0 Å². The third kappa shape index (κ3) is 4.42. The van der Waals surface area contributed by atoms with E-state index in [0.29, 0.717) is 31.7 Å². The van der Waals surface area contributed by atoms with E-state index in [4.69, 9.17) is 4.74 Å². The van der Waals surface area contributed by atoms with Gasteiger partial charge in [0.2, 0.25) is 5.91 Å². The summed E-state index contributed by atoms with van der Waals surface area (Å²) >= 11 is 0. The summed E-state index contributed by atoms with van der Waals surface area (Å²) in [6.45, 7) is 5.94. The molecule has 2 unspecified atom stereocenters. The van der Waals surface area contributed by atoms with Crippen molar-refractivity contribution in [2.45, 2.75) is 19.8 Å². The first kappa shape index (κ1) is 20.8. The number of carbonyl (C=O) groups is 2. The summed E-state index contributed by atoms with van der Waals surface area (Å²) in [5.74, 6) is -0.245. The van der Waals surface area contributed by atoms with Gasteiger partial charge in [0.1, 0.15) is 11.6 Å². The topological polar surface area (TPSA) is 49.9 Å². The van der Waals surface area contributed by atoms with Gasteiger partial charge in [-0.05, 0) is 55.8 Å². The molecule has 6 heteroatoms. The zero-order chi connectivity index (χ0) is 21.0. The van der Waals surface area contributed by atoms with Gasteiger partial charge in [-0.25, -0.2) is 4.39 Å². The van der Waals surface area contributed by atoms with Crippen LogP contribution in [-0.2, 0) is 4.79 Å². The van der Waals surface area contributed by atoms with Crippen molar-refractivity contribution in [2.75, 3.05) is 33.3 Å². The van der Waals surface area contributed by atoms with E-state index in [1.165, 1.54) is 24.3 Å². The molecular weight excluding hydrogens is 371 g/mol. The van der Waals surface area contributed by atoms with E-state index in [0.717, 1.165) is 11.3 Å². The van der Waals surface area contributed by atoms with Gasteiger partial charge in [-0.2, -0.15) is 0 Å². The van der Waals surface area contributed by atoms with E-state index in [1.54, 1.807) is 12.0 Å². The second kappa shape index (κ2) is 9.07. The average molecular weight is 398 g/mol. The monoisotopic (exact) mass is 398 g/mol. The number of carbonyl (C=O) groups excluding carboxylic acids is 2. The second-order valence-electron chi connectivity index (χ2n) is 7.22. The van der Waals surface area contributed by atoms with E-state index >= 15 is 0 Å². The average Bonchev–Trinajstić information content (AvgIpc) is 3.20. The van der Waals surface area contributed by atoms with Crippen LogP contribution < -0.4 is 4.74 Å². The Morgan fingerprint density at radius 2 is 1.79 bits per heavy atom. The maximum Gasteiger partial charge on any atom is 0.253 e. The van der Waals surface area contributed by atoms with Gasteiger partial charge < -0.3 is 14.5 Å². The predicted molar refractivity (Wildman–Crippen MR) is 109 cm³/mol. The van der Waals surface area contributed by atoms with Crippen molar-refractivity contribution in [2.24, 2.45) is 5.92 Å². The van der Waals surface area contributed by atoms with Gasteiger partial charge in [-0.1, -0.05) is 12.1 Å². The van der Waals surface area contributed by atoms with Crippen LogP contribution in [0.1, 0.15) is 35.7 Å². The molecule has 1 aliphatic heterocycles. The number of amides is 2. The Bertz CT molecular complexity index is 865. The van der Waals surface area contributed by atoms with Crippen molar-refractivity contribution < 1.29 is 18.7 Å². The first-order chi connectivity index (χ1) is 14.0. The third-order valence-corrected chi connectivity index (χ3v) is 5.61. The van der Waals surface area contributed by atoms with Crippen molar-refractivity contribution in [1.29, 1.82) is 0 Å². The quantitative estimate of drug-likeness (QED) is 0.748. The lowest BCUT2D eigenvalue weighted by atomic mass is 9.88. The molecule has 0 aromatic heterocycles. The fourth-order valence-corrected chi connectivity index (χ4v) is 3.97. The van der Waals surface area contributed by atoms with Crippen molar-refractivity contribution in [3.63, 3.8) is 0 Å². The van der Waals surface area contributed by atoms with E-state index in [9.17, 15) is 14.0 Å². The van der Waals surface area contributed by atoms with Crippen LogP contribution in [0.4, 0.5) is 4.39 Å². The standard InChI is InChI=1S/C23H27FN2O3/c1-4-25(5-2)23(28)21-15-26(22(27)16-9-11-18(24)12-10-16)14-20(21)17-7-6-8-19(13-17)29-3/h6-13,20-21H,4-5,14-15H2,1-3H3. The molecule has 0 bridgehead atoms. The van der Waals surface area contributed by atoms with Crippen LogP contribution in [0.15, 0.2) is 48.5 Å². The molecule has 1 saturated heterocycles. The van der Waals surface area contributed by atoms with Gasteiger partial charge in [-0.3, -0.25) is 9.59 Å². The van der Waals surface area contributed by atoms with Gasteiger partial charge in [0.15, 0.2) is 0 Å². The second-order valence-corrected chi connectivity index (χ2v) is 7.22. The van der Waals surface area contributed by atoms with Crippen LogP contribution in [0.5, 0.6) is 5.75 Å². The summed E-state index contributed by atoms with van der Waals surface area (Å²) in [6.07, 6.45) is 0. The summed E-state index contributed by atoms with van der Waals surface area (Å²) in [4.78, 5) is 29.7. The molecule has 2 amide bonds. The molecule has 5 nitrogen and oxygen atoms in total. The van der Waals surface area contributed by atoms with Crippen LogP contribution in [0, 0.1) is 11.7 Å². The Morgan fingerprint density at radius 3 is 2.41 bits per heavy atom. The van der Waals surface area contributed by atoms with Gasteiger partial charge in [-0.15, -0.1) is 0 Å². The van der Waals surface area contributed by atoms with Crippen LogP contribution in [-0.4, -0.2) is 54.9 Å². The summed E-state index contributed by atoms with van der Waals surface area (Å²) < 4.78 is 18.6. The summed E-state index contributed by atoms with van der Waals surface area (Å²) in [5, 5.41) is 0. The molecule has 0 saturated carbocycles. The van der Waals surface area contributed by atoms with Crippen molar-refractivity contribution in [1.82, 2.24) is 9.80 Å². The summed E-state index contributed by atoms with van der Waals surface area (Å²) in [6, 6.07) is 13.2. The van der Waals surface area contributed by atoms with Crippen molar-refractivity contribution in [3.05, 3.63) is 65.5 Å². The Balaban J connectivity index is 1.91. The highest BCUT2D eigenvalue weighted by Gasteiger charge is 2.41. The normalized spacial score (nSPS) is 18.6. The van der Waals surface area contributed by atoms with E-state index < -0.39 is 0 Å². The molecule has 0 radical (unpaired) electrons. The van der Waals surface area contributed by atoms with Gasteiger partial charge >= 0.3 is 0 Å². The molecule has 1 aliphatic rings. The molecule has 2 atom stereocenters. The number of likely N-dealkylation sites (tertiary alicyclic amines) is 1. The third-order valence-electron chi connectivity index (χ3n) is 5.61. The van der Waals surface area contributed by atoms with Gasteiger partial charge in [0.05, 0.1) is 13.0 Å².